The van der Waals surface area contributed by atoms with Gasteiger partial charge in [0.05, 0.1) is 19.3 Å². The van der Waals surface area contributed by atoms with Crippen molar-refractivity contribution in [3.8, 4) is 0 Å². The molecule has 0 aliphatic carbocycles. The minimum Gasteiger partial charge on any atom is -0.478 e. The highest BCUT2D eigenvalue weighted by Gasteiger charge is 2.07. The molecule has 4 N–H and O–H groups in total. The van der Waals surface area contributed by atoms with Gasteiger partial charge in [0.1, 0.15) is 6.61 Å². The Balaban J connectivity index is -0.000000171. The molecule has 1 amide bonds. The molecule has 0 spiro atoms. The highest BCUT2D eigenvalue weighted by molar-refractivity contribution is 5.87. The molecular weight excluding hydrogens is 654 g/mol. The molecule has 11 heteroatoms. The van der Waals surface area contributed by atoms with Crippen LogP contribution in [0.1, 0.15) is 85.6 Å². The molecule has 2 atom stereocenters. The first-order valence-corrected chi connectivity index (χ1v) is 16.5. The van der Waals surface area contributed by atoms with E-state index >= 15 is 0 Å². The fraction of sp³-hybridized carbons (Fsp3) is 0.425. The summed E-state index contributed by atoms with van der Waals surface area (Å²) in [6, 6.07) is 10.0. The Morgan fingerprint density at radius 2 is 1.25 bits per heavy atom. The predicted molar refractivity (Wildman–Crippen MR) is 206 cm³/mol. The lowest BCUT2D eigenvalue weighted by Gasteiger charge is -2.13. The summed E-state index contributed by atoms with van der Waals surface area (Å²) in [7, 11) is 0. The number of aliphatic hydroxyl groups excluding tert-OH is 1. The maximum atomic E-state index is 10.8. The summed E-state index contributed by atoms with van der Waals surface area (Å²) < 4.78 is 14.4. The number of primary amides is 1. The fourth-order valence-corrected chi connectivity index (χ4v) is 2.50. The molecule has 0 aromatic heterocycles. The lowest BCUT2D eigenvalue weighted by molar-refractivity contribution is -0.141. The number of benzene rings is 1. The van der Waals surface area contributed by atoms with E-state index in [9.17, 15) is 24.0 Å². The minimum absolute atomic E-state index is 0.0334. The van der Waals surface area contributed by atoms with Crippen LogP contribution in [0.15, 0.2) is 99.2 Å². The van der Waals surface area contributed by atoms with E-state index in [2.05, 4.69) is 70.7 Å². The van der Waals surface area contributed by atoms with Crippen molar-refractivity contribution in [1.29, 1.82) is 0 Å². The Morgan fingerprint density at radius 1 is 0.784 bits per heavy atom. The monoisotopic (exact) mass is 717 g/mol. The number of carbonyl (C=O) groups is 5. The number of carbonyl (C=O) groups excluding carboxylic acids is 4. The summed E-state index contributed by atoms with van der Waals surface area (Å²) in [5.41, 5.74) is 6.52. The van der Waals surface area contributed by atoms with Crippen molar-refractivity contribution in [1.82, 2.24) is 0 Å². The van der Waals surface area contributed by atoms with E-state index in [4.69, 9.17) is 19.7 Å². The molecule has 1 rings (SSSR count). The Hall–Kier alpha value is -5.03. The van der Waals surface area contributed by atoms with Crippen LogP contribution in [0.5, 0.6) is 0 Å². The van der Waals surface area contributed by atoms with Crippen LogP contribution in [0, 0.1) is 5.92 Å². The van der Waals surface area contributed by atoms with E-state index in [1.54, 1.807) is 20.8 Å². The van der Waals surface area contributed by atoms with Crippen molar-refractivity contribution >= 4 is 35.9 Å². The Morgan fingerprint density at radius 3 is 1.57 bits per heavy atom. The summed E-state index contributed by atoms with van der Waals surface area (Å²) in [5, 5.41) is 16.3. The molecule has 0 fully saturated rings. The molecule has 1 aromatic rings. The van der Waals surface area contributed by atoms with Crippen LogP contribution < -0.4 is 5.73 Å². The lowest BCUT2D eigenvalue weighted by Crippen LogP contribution is -2.15. The Labute approximate surface area is 306 Å². The highest BCUT2D eigenvalue weighted by atomic mass is 16.5. The van der Waals surface area contributed by atoms with Gasteiger partial charge in [-0.15, -0.1) is 0 Å². The summed E-state index contributed by atoms with van der Waals surface area (Å²) >= 11 is 0. The van der Waals surface area contributed by atoms with Crippen LogP contribution in [0.25, 0.3) is 6.08 Å². The van der Waals surface area contributed by atoms with Crippen LogP contribution in [0.2, 0.25) is 0 Å². The summed E-state index contributed by atoms with van der Waals surface area (Å²) in [4.78, 5) is 50.8. The molecule has 0 saturated heterocycles. The van der Waals surface area contributed by atoms with Crippen LogP contribution in [-0.2, 0) is 38.2 Å². The van der Waals surface area contributed by atoms with Gasteiger partial charge < -0.3 is 30.2 Å². The van der Waals surface area contributed by atoms with Crippen molar-refractivity contribution < 1.29 is 48.4 Å². The molecule has 51 heavy (non-hydrogen) atoms. The van der Waals surface area contributed by atoms with Crippen LogP contribution in [0.3, 0.4) is 0 Å². The number of hydrogen-bond acceptors (Lipinski definition) is 9. The second-order valence-electron chi connectivity index (χ2n) is 10.5. The normalized spacial score (nSPS) is 9.86. The molecule has 1 aromatic carbocycles. The van der Waals surface area contributed by atoms with Crippen molar-refractivity contribution in [2.75, 3.05) is 19.8 Å². The fourth-order valence-electron chi connectivity index (χ4n) is 2.50. The number of nitrogens with two attached hydrogens (primary N) is 1. The first-order chi connectivity index (χ1) is 23.9. The number of unbranched alkanes of at least 4 members (excludes halogenated alkanes) is 2. The zero-order valence-corrected chi connectivity index (χ0v) is 31.7. The molecule has 0 radical (unpaired) electrons. The van der Waals surface area contributed by atoms with E-state index in [1.165, 1.54) is 24.5 Å². The van der Waals surface area contributed by atoms with Gasteiger partial charge in [-0.05, 0) is 51.2 Å². The molecule has 11 nitrogen and oxygen atoms in total. The largest absolute Gasteiger partial charge is 0.478 e. The molecule has 0 heterocycles. The first-order valence-electron chi connectivity index (χ1n) is 16.5. The quantitative estimate of drug-likeness (QED) is 0.0630. The average Bonchev–Trinajstić information content (AvgIpc) is 3.11. The topological polar surface area (TPSA) is 180 Å². The van der Waals surface area contributed by atoms with Gasteiger partial charge in [-0.2, -0.15) is 0 Å². The molecule has 0 aliphatic rings. The van der Waals surface area contributed by atoms with E-state index < -0.39 is 23.9 Å². The number of amides is 1. The van der Waals surface area contributed by atoms with Gasteiger partial charge in [0.2, 0.25) is 5.91 Å². The second-order valence-corrected chi connectivity index (χ2v) is 10.5. The second kappa shape index (κ2) is 41.1. The van der Waals surface area contributed by atoms with Gasteiger partial charge in [-0.25, -0.2) is 19.2 Å². The van der Waals surface area contributed by atoms with Crippen molar-refractivity contribution in [3.05, 3.63) is 105 Å². The minimum atomic E-state index is -0.981. The van der Waals surface area contributed by atoms with Crippen LogP contribution in [-0.4, -0.2) is 65.9 Å². The van der Waals surface area contributed by atoms with Gasteiger partial charge >= 0.3 is 23.9 Å². The molecular formula is C40H63NO10. The Bertz CT molecular complexity index is 1140. The van der Waals surface area contributed by atoms with Gasteiger partial charge in [0.25, 0.3) is 0 Å². The summed E-state index contributed by atoms with van der Waals surface area (Å²) in [6.45, 7) is 32.1. The summed E-state index contributed by atoms with van der Waals surface area (Å²) in [6.07, 6.45) is 10.9. The van der Waals surface area contributed by atoms with Crippen LogP contribution in [0.4, 0.5) is 0 Å². The highest BCUT2D eigenvalue weighted by Crippen LogP contribution is 2.12. The van der Waals surface area contributed by atoms with E-state index in [-0.39, 0.29) is 18.5 Å². The number of carboxylic acid groups (broad SMARTS) is 1. The average molecular weight is 718 g/mol. The van der Waals surface area contributed by atoms with Crippen molar-refractivity contribution in [2.45, 2.75) is 86.2 Å². The number of carboxylic acids is 1. The lowest BCUT2D eigenvalue weighted by atomic mass is 10.0. The van der Waals surface area contributed by atoms with Gasteiger partial charge in [-0.3, -0.25) is 4.79 Å². The van der Waals surface area contributed by atoms with Crippen molar-refractivity contribution in [2.24, 2.45) is 11.7 Å². The summed E-state index contributed by atoms with van der Waals surface area (Å²) in [5.74, 6) is -2.00. The SMILES string of the molecule is C=C(C)C(=O)OCC(C)O.C=C(C)C(=O)OCCCC.C=CC(=O)O.C=CC(=O)OCC(CC)CCCC.C=CC(N)=O.C=Cc1ccccc1. The molecule has 2 unspecified atom stereocenters. The number of hydrogen-bond donors (Lipinski definition) is 3. The molecule has 0 saturated carbocycles. The first kappa shape index (κ1) is 55.4. The maximum Gasteiger partial charge on any atom is 0.333 e. The maximum absolute atomic E-state index is 10.8. The smallest absolute Gasteiger partial charge is 0.333 e. The van der Waals surface area contributed by atoms with E-state index in [0.29, 0.717) is 30.3 Å². The predicted octanol–water partition coefficient (Wildman–Crippen LogP) is 7.57. The standard InChI is InChI=1S/C11H20O2.C8H14O2.C8H8.C7H12O3.C3H5NO.C3H4O2/c1-4-7-8-10(5-2)9-13-11(12)6-3;1-4-5-6-10-8(9)7(2)3;1-2-8-6-4-3-5-7-8;1-5(2)7(9)10-4-6(3)8;2*1-2-3(4)5/h6,10H,3-5,7-9H2,1-2H3;2,4-6H2,1,3H3;2-7H,1H2;6,8H,1,4H2,2-3H3;2H,1H2,(H2,4,5);2H,1H2,(H,4,5). The number of aliphatic carboxylic acids is 1. The third-order valence-electron chi connectivity index (χ3n) is 5.47. The molecule has 0 bridgehead atoms. The Kier molecular flexibility index (Phi) is 44.7. The van der Waals surface area contributed by atoms with Gasteiger partial charge in [0.15, 0.2) is 0 Å². The third-order valence-corrected chi connectivity index (χ3v) is 5.47. The number of esters is 3. The van der Waals surface area contributed by atoms with Crippen LogP contribution >= 0.6 is 0 Å². The van der Waals surface area contributed by atoms with Gasteiger partial charge in [0, 0.05) is 23.3 Å². The van der Waals surface area contributed by atoms with Crippen molar-refractivity contribution in [3.63, 3.8) is 0 Å². The third kappa shape index (κ3) is 52.0. The number of aliphatic hydroxyl groups is 1. The molecule has 288 valence electrons. The molecule has 0 aliphatic heterocycles. The number of rotatable bonds is 17. The zero-order valence-electron chi connectivity index (χ0n) is 31.7. The van der Waals surface area contributed by atoms with E-state index in [0.717, 1.165) is 37.8 Å². The number of ether oxygens (including phenoxy) is 3. The van der Waals surface area contributed by atoms with E-state index in [1.807, 2.05) is 36.4 Å². The zero-order chi connectivity index (χ0) is 40.6. The van der Waals surface area contributed by atoms with Gasteiger partial charge in [-0.1, -0.05) is 122 Å².